The van der Waals surface area contributed by atoms with Gasteiger partial charge in [-0.15, -0.1) is 11.3 Å². The predicted molar refractivity (Wildman–Crippen MR) is 104 cm³/mol. The van der Waals surface area contributed by atoms with E-state index in [1.807, 2.05) is 11.4 Å². The molecule has 6 heteroatoms. The lowest BCUT2D eigenvalue weighted by atomic mass is 10.2. The summed E-state index contributed by atoms with van der Waals surface area (Å²) in [5, 5.41) is 7.01. The highest BCUT2D eigenvalue weighted by molar-refractivity contribution is 7.13. The van der Waals surface area contributed by atoms with Crippen LogP contribution < -0.4 is 0 Å². The average Bonchev–Trinajstić information content (AvgIpc) is 3.36. The lowest BCUT2D eigenvalue weighted by molar-refractivity contribution is 0.126. The van der Waals surface area contributed by atoms with Crippen molar-refractivity contribution in [1.29, 1.82) is 0 Å². The summed E-state index contributed by atoms with van der Waals surface area (Å²) < 4.78 is 5.45. The van der Waals surface area contributed by atoms with Crippen molar-refractivity contribution in [3.63, 3.8) is 0 Å². The lowest BCUT2D eigenvalue weighted by Gasteiger charge is -2.34. The fourth-order valence-electron chi connectivity index (χ4n) is 3.37. The molecule has 0 unspecified atom stereocenters. The van der Waals surface area contributed by atoms with Crippen LogP contribution in [0.1, 0.15) is 17.7 Å². The predicted octanol–water partition coefficient (Wildman–Crippen LogP) is 3.55. The highest BCUT2D eigenvalue weighted by atomic mass is 32.1. The molecule has 3 aromatic rings. The Kier molecular flexibility index (Phi) is 5.74. The molecule has 0 spiro atoms. The standard InChI is InChI=1S/C20H24N4OS/c1-2-5-17(6-3-1)16-24-12-10-23(11-13-24)9-4-7-18-15-19(22-25-18)20-21-8-14-26-20/h1-3,5-6,8,14-15H,4,7,9-13,16H2. The summed E-state index contributed by atoms with van der Waals surface area (Å²) >= 11 is 1.59. The molecular formula is C20H24N4OS. The van der Waals surface area contributed by atoms with Crippen LogP contribution in [0.4, 0.5) is 0 Å². The van der Waals surface area contributed by atoms with Crippen molar-refractivity contribution < 1.29 is 4.52 Å². The monoisotopic (exact) mass is 368 g/mol. The van der Waals surface area contributed by atoms with Gasteiger partial charge in [-0.25, -0.2) is 4.98 Å². The quantitative estimate of drug-likeness (QED) is 0.638. The third-order valence-electron chi connectivity index (χ3n) is 4.82. The lowest BCUT2D eigenvalue weighted by Crippen LogP contribution is -2.46. The van der Waals surface area contributed by atoms with E-state index in [2.05, 4.69) is 50.3 Å². The fourth-order valence-corrected chi connectivity index (χ4v) is 3.96. The Labute approximate surface area is 158 Å². The molecule has 3 heterocycles. The van der Waals surface area contributed by atoms with Crippen LogP contribution in [-0.2, 0) is 13.0 Å². The van der Waals surface area contributed by atoms with Gasteiger partial charge in [0.05, 0.1) is 0 Å². The molecule has 1 aromatic carbocycles. The Hall–Kier alpha value is -2.02. The van der Waals surface area contributed by atoms with E-state index in [9.17, 15) is 0 Å². The van der Waals surface area contributed by atoms with Crippen molar-refractivity contribution in [2.75, 3.05) is 32.7 Å². The molecule has 1 aliphatic rings. The second-order valence-corrected chi connectivity index (χ2v) is 7.62. The van der Waals surface area contributed by atoms with Crippen LogP contribution in [0, 0.1) is 0 Å². The minimum Gasteiger partial charge on any atom is -0.361 e. The zero-order valence-corrected chi connectivity index (χ0v) is 15.7. The zero-order chi connectivity index (χ0) is 17.6. The van der Waals surface area contributed by atoms with Crippen LogP contribution in [0.2, 0.25) is 0 Å². The topological polar surface area (TPSA) is 45.4 Å². The van der Waals surface area contributed by atoms with E-state index in [0.29, 0.717) is 0 Å². The second kappa shape index (κ2) is 8.58. The summed E-state index contributed by atoms with van der Waals surface area (Å²) in [6, 6.07) is 12.8. The number of thiazole rings is 1. The van der Waals surface area contributed by atoms with Crippen LogP contribution in [0.5, 0.6) is 0 Å². The SMILES string of the molecule is c1ccc(CN2CCN(CCCc3cc(-c4nccs4)no3)CC2)cc1. The van der Waals surface area contributed by atoms with Crippen LogP contribution in [0.25, 0.3) is 10.7 Å². The van der Waals surface area contributed by atoms with E-state index in [4.69, 9.17) is 4.52 Å². The zero-order valence-electron chi connectivity index (χ0n) is 14.9. The maximum absolute atomic E-state index is 5.45. The highest BCUT2D eigenvalue weighted by Gasteiger charge is 2.17. The summed E-state index contributed by atoms with van der Waals surface area (Å²) in [5.41, 5.74) is 2.26. The van der Waals surface area contributed by atoms with Gasteiger partial charge in [-0.05, 0) is 18.5 Å². The van der Waals surface area contributed by atoms with Gasteiger partial charge in [0.1, 0.15) is 16.5 Å². The third-order valence-corrected chi connectivity index (χ3v) is 5.62. The summed E-state index contributed by atoms with van der Waals surface area (Å²) in [6.45, 7) is 6.76. The van der Waals surface area contributed by atoms with E-state index in [-0.39, 0.29) is 0 Å². The van der Waals surface area contributed by atoms with Crippen molar-refractivity contribution in [3.8, 4) is 10.7 Å². The summed E-state index contributed by atoms with van der Waals surface area (Å²) in [6.07, 6.45) is 3.83. The molecule has 1 saturated heterocycles. The van der Waals surface area contributed by atoms with Gasteiger partial charge in [0, 0.05) is 56.8 Å². The summed E-state index contributed by atoms with van der Waals surface area (Å²) in [4.78, 5) is 9.37. The average molecular weight is 369 g/mol. The summed E-state index contributed by atoms with van der Waals surface area (Å²) in [5.74, 6) is 0.956. The van der Waals surface area contributed by atoms with Crippen molar-refractivity contribution >= 4 is 11.3 Å². The number of nitrogens with zero attached hydrogens (tertiary/aromatic N) is 4. The largest absolute Gasteiger partial charge is 0.361 e. The van der Waals surface area contributed by atoms with Gasteiger partial charge in [0.15, 0.2) is 0 Å². The fraction of sp³-hybridized carbons (Fsp3) is 0.400. The van der Waals surface area contributed by atoms with Gasteiger partial charge in [0.2, 0.25) is 0 Å². The normalized spacial score (nSPS) is 16.2. The van der Waals surface area contributed by atoms with Crippen LogP contribution in [-0.4, -0.2) is 52.7 Å². The van der Waals surface area contributed by atoms with Crippen molar-refractivity contribution in [3.05, 3.63) is 59.3 Å². The third kappa shape index (κ3) is 4.58. The van der Waals surface area contributed by atoms with Crippen molar-refractivity contribution in [1.82, 2.24) is 19.9 Å². The maximum Gasteiger partial charge on any atom is 0.145 e. The van der Waals surface area contributed by atoms with Gasteiger partial charge >= 0.3 is 0 Å². The first kappa shape index (κ1) is 17.4. The van der Waals surface area contributed by atoms with Gasteiger partial charge in [0.25, 0.3) is 0 Å². The molecule has 0 N–H and O–H groups in total. The number of aromatic nitrogens is 2. The van der Waals surface area contributed by atoms with Crippen LogP contribution >= 0.6 is 11.3 Å². The van der Waals surface area contributed by atoms with Crippen LogP contribution in [0.3, 0.4) is 0 Å². The number of hydrogen-bond donors (Lipinski definition) is 0. The Morgan fingerprint density at radius 1 is 1.04 bits per heavy atom. The van der Waals surface area contributed by atoms with Crippen LogP contribution in [0.15, 0.2) is 52.5 Å². The van der Waals surface area contributed by atoms with E-state index in [1.54, 1.807) is 17.5 Å². The molecule has 0 radical (unpaired) electrons. The van der Waals surface area contributed by atoms with Crippen molar-refractivity contribution in [2.24, 2.45) is 0 Å². The molecule has 2 aromatic heterocycles. The minimum absolute atomic E-state index is 0.851. The van der Waals surface area contributed by atoms with Gasteiger partial charge in [-0.2, -0.15) is 0 Å². The van der Waals surface area contributed by atoms with E-state index in [0.717, 1.165) is 68.6 Å². The molecule has 0 amide bonds. The smallest absolute Gasteiger partial charge is 0.145 e. The van der Waals surface area contributed by atoms with Gasteiger partial charge in [-0.1, -0.05) is 35.5 Å². The number of aryl methyl sites for hydroxylation is 1. The number of piperazine rings is 1. The molecule has 4 rings (SSSR count). The molecule has 0 bridgehead atoms. The molecule has 5 nitrogen and oxygen atoms in total. The maximum atomic E-state index is 5.45. The van der Waals surface area contributed by atoms with E-state index in [1.165, 1.54) is 5.56 Å². The Bertz CT molecular complexity index is 779. The Morgan fingerprint density at radius 3 is 2.62 bits per heavy atom. The number of rotatable bonds is 7. The Morgan fingerprint density at radius 2 is 1.85 bits per heavy atom. The molecule has 0 aliphatic carbocycles. The van der Waals surface area contributed by atoms with Gasteiger partial charge in [-0.3, -0.25) is 4.90 Å². The second-order valence-electron chi connectivity index (χ2n) is 6.72. The first-order valence-electron chi connectivity index (χ1n) is 9.21. The molecule has 0 atom stereocenters. The molecule has 1 fully saturated rings. The van der Waals surface area contributed by atoms with E-state index >= 15 is 0 Å². The first-order chi connectivity index (χ1) is 12.9. The molecule has 0 saturated carbocycles. The number of hydrogen-bond acceptors (Lipinski definition) is 6. The molecule has 26 heavy (non-hydrogen) atoms. The minimum atomic E-state index is 0.851. The first-order valence-corrected chi connectivity index (χ1v) is 10.1. The molecule has 1 aliphatic heterocycles. The van der Waals surface area contributed by atoms with Gasteiger partial charge < -0.3 is 9.42 Å². The molecular weight excluding hydrogens is 344 g/mol. The highest BCUT2D eigenvalue weighted by Crippen LogP contribution is 2.21. The number of benzene rings is 1. The molecule has 136 valence electrons. The summed E-state index contributed by atoms with van der Waals surface area (Å²) in [7, 11) is 0. The van der Waals surface area contributed by atoms with Crippen molar-refractivity contribution in [2.45, 2.75) is 19.4 Å². The van der Waals surface area contributed by atoms with E-state index < -0.39 is 0 Å². The Balaban J connectivity index is 1.17.